The van der Waals surface area contributed by atoms with E-state index in [1.54, 1.807) is 24.1 Å². The standard InChI is InChI=1S/C35H40F3N7O/c1-22-4-3-5-29(35(36,37)38)30(22)44-21-26-20-39-32(40-27-6-8-28(9-7-27)43-12-10-42(2)11-13-43)41-31(26)45(33(44)46)34-17-23-14-24(18-34)16-25(15-23)19-34/h3-9,20,23-25H,10-19,21H2,1-2H3,(H,39,40,41). The van der Waals surface area contributed by atoms with Gasteiger partial charge in [-0.05, 0) is 106 Å². The van der Waals surface area contributed by atoms with Gasteiger partial charge in [0.25, 0.3) is 0 Å². The first kappa shape index (κ1) is 29.5. The highest BCUT2D eigenvalue weighted by Crippen LogP contribution is 2.59. The van der Waals surface area contributed by atoms with Crippen molar-refractivity contribution in [2.45, 2.75) is 63.7 Å². The molecule has 0 atom stereocenters. The Hall–Kier alpha value is -3.86. The number of nitrogens with one attached hydrogen (secondary N) is 1. The number of para-hydroxylation sites is 1. The van der Waals surface area contributed by atoms with Gasteiger partial charge < -0.3 is 15.1 Å². The first-order chi connectivity index (χ1) is 22.1. The van der Waals surface area contributed by atoms with Crippen LogP contribution in [0.1, 0.15) is 55.2 Å². The second-order valence-corrected chi connectivity index (χ2v) is 14.3. The van der Waals surface area contributed by atoms with Crippen molar-refractivity contribution in [2.24, 2.45) is 17.8 Å². The van der Waals surface area contributed by atoms with Gasteiger partial charge in [-0.15, -0.1) is 0 Å². The number of anilines is 5. The van der Waals surface area contributed by atoms with E-state index in [1.165, 1.54) is 30.2 Å². The van der Waals surface area contributed by atoms with E-state index in [9.17, 15) is 18.0 Å². The number of halogens is 3. The first-order valence-electron chi connectivity index (χ1n) is 16.5. The lowest BCUT2D eigenvalue weighted by molar-refractivity contribution is -0.137. The van der Waals surface area contributed by atoms with Gasteiger partial charge in [0.15, 0.2) is 0 Å². The lowest BCUT2D eigenvalue weighted by Crippen LogP contribution is -2.65. The highest BCUT2D eigenvalue weighted by atomic mass is 19.4. The maximum atomic E-state index is 14.7. The quantitative estimate of drug-likeness (QED) is 0.321. The van der Waals surface area contributed by atoms with Crippen molar-refractivity contribution < 1.29 is 18.0 Å². The molecule has 0 radical (unpaired) electrons. The molecule has 6 aliphatic rings. The summed E-state index contributed by atoms with van der Waals surface area (Å²) < 4.78 is 43.0. The smallest absolute Gasteiger partial charge is 0.369 e. The van der Waals surface area contributed by atoms with Crippen molar-refractivity contribution in [3.8, 4) is 0 Å². The maximum absolute atomic E-state index is 14.7. The average molecular weight is 632 g/mol. The molecule has 0 spiro atoms. The molecule has 3 heterocycles. The van der Waals surface area contributed by atoms with E-state index >= 15 is 0 Å². The van der Waals surface area contributed by atoms with Crippen LogP contribution in [0.15, 0.2) is 48.7 Å². The van der Waals surface area contributed by atoms with Gasteiger partial charge in [0.1, 0.15) is 5.82 Å². The predicted molar refractivity (Wildman–Crippen MR) is 173 cm³/mol. The maximum Gasteiger partial charge on any atom is 0.418 e. The number of hydrogen-bond donors (Lipinski definition) is 1. The Labute approximate surface area is 267 Å². The molecule has 46 heavy (non-hydrogen) atoms. The first-order valence-corrected chi connectivity index (χ1v) is 16.5. The second-order valence-electron chi connectivity index (χ2n) is 14.3. The summed E-state index contributed by atoms with van der Waals surface area (Å²) in [5, 5.41) is 3.33. The van der Waals surface area contributed by atoms with E-state index < -0.39 is 23.3 Å². The van der Waals surface area contributed by atoms with E-state index in [2.05, 4.69) is 39.3 Å². The van der Waals surface area contributed by atoms with Gasteiger partial charge in [-0.1, -0.05) is 12.1 Å². The molecule has 4 bridgehead atoms. The summed E-state index contributed by atoms with van der Waals surface area (Å²) in [6.07, 6.45) is 3.19. The van der Waals surface area contributed by atoms with Gasteiger partial charge in [-0.2, -0.15) is 18.2 Å². The number of fused-ring (bicyclic) bond motifs is 1. The molecule has 4 saturated carbocycles. The molecule has 11 heteroatoms. The minimum absolute atomic E-state index is 0.0229. The summed E-state index contributed by atoms with van der Waals surface area (Å²) in [6, 6.07) is 11.9. The van der Waals surface area contributed by atoms with Crippen LogP contribution < -0.4 is 20.0 Å². The molecule has 1 aromatic heterocycles. The molecule has 9 rings (SSSR count). The Bertz CT molecular complexity index is 1620. The van der Waals surface area contributed by atoms with Crippen LogP contribution in [0.4, 0.5) is 46.8 Å². The molecule has 1 N–H and O–H groups in total. The van der Waals surface area contributed by atoms with Crippen LogP contribution in [-0.2, 0) is 12.7 Å². The zero-order chi connectivity index (χ0) is 31.8. The number of hydrogen-bond acceptors (Lipinski definition) is 6. The van der Waals surface area contributed by atoms with Crippen LogP contribution in [-0.4, -0.2) is 59.7 Å². The lowest BCUT2D eigenvalue weighted by atomic mass is 9.52. The molecule has 2 amide bonds. The number of alkyl halides is 3. The number of piperazine rings is 1. The highest BCUT2D eigenvalue weighted by Gasteiger charge is 2.57. The molecular weight excluding hydrogens is 591 g/mol. The van der Waals surface area contributed by atoms with Gasteiger partial charge in [-0.25, -0.2) is 9.78 Å². The molecule has 2 aromatic carbocycles. The molecule has 4 aliphatic carbocycles. The highest BCUT2D eigenvalue weighted by molar-refractivity contribution is 6.07. The molecule has 2 aliphatic heterocycles. The number of aromatic nitrogens is 2. The number of likely N-dealkylation sites (N-methyl/N-ethyl adjacent to an activating group) is 1. The lowest BCUT2D eigenvalue weighted by Gasteiger charge is -2.61. The Morgan fingerprint density at radius 3 is 2.20 bits per heavy atom. The summed E-state index contributed by atoms with van der Waals surface area (Å²) in [5.74, 6) is 2.48. The van der Waals surface area contributed by atoms with E-state index in [0.717, 1.165) is 62.9 Å². The van der Waals surface area contributed by atoms with E-state index in [0.29, 0.717) is 40.6 Å². The van der Waals surface area contributed by atoms with Crippen LogP contribution >= 0.6 is 0 Å². The molecule has 8 nitrogen and oxygen atoms in total. The fraction of sp³-hybridized carbons (Fsp3) is 0.514. The van der Waals surface area contributed by atoms with Crippen molar-refractivity contribution in [1.82, 2.24) is 14.9 Å². The van der Waals surface area contributed by atoms with Gasteiger partial charge in [0.05, 0.1) is 23.3 Å². The molecule has 5 fully saturated rings. The van der Waals surface area contributed by atoms with Crippen molar-refractivity contribution in [2.75, 3.05) is 53.2 Å². The molecule has 0 unspecified atom stereocenters. The number of aryl methyl sites for hydroxylation is 1. The Kier molecular flexibility index (Phi) is 6.97. The SMILES string of the molecule is Cc1cccc(C(F)(F)F)c1N1Cc2cnc(Nc3ccc(N4CCN(C)CC4)cc3)nc2N(C23CC4CC(CC(C4)C2)C3)C1=O. The number of benzene rings is 2. The summed E-state index contributed by atoms with van der Waals surface area (Å²) in [7, 11) is 2.14. The van der Waals surface area contributed by atoms with E-state index in [4.69, 9.17) is 4.98 Å². The number of carbonyl (C=O) groups excluding carboxylic acids is 1. The van der Waals surface area contributed by atoms with Crippen LogP contribution in [0.5, 0.6) is 0 Å². The van der Waals surface area contributed by atoms with Crippen LogP contribution in [0.2, 0.25) is 0 Å². The topological polar surface area (TPSA) is 67.8 Å². The van der Waals surface area contributed by atoms with Crippen molar-refractivity contribution >= 4 is 34.9 Å². The van der Waals surface area contributed by atoms with Gasteiger partial charge in [0.2, 0.25) is 5.95 Å². The summed E-state index contributed by atoms with van der Waals surface area (Å²) >= 11 is 0. The van der Waals surface area contributed by atoms with Crippen molar-refractivity contribution in [3.63, 3.8) is 0 Å². The van der Waals surface area contributed by atoms with E-state index in [-0.39, 0.29) is 12.2 Å². The Balaban J connectivity index is 1.16. The van der Waals surface area contributed by atoms with Crippen LogP contribution in [0.3, 0.4) is 0 Å². The fourth-order valence-electron chi connectivity index (χ4n) is 9.35. The number of nitrogens with zero attached hydrogens (tertiary/aromatic N) is 6. The normalized spacial score (nSPS) is 27.7. The van der Waals surface area contributed by atoms with Crippen LogP contribution in [0.25, 0.3) is 0 Å². The third-order valence-corrected chi connectivity index (χ3v) is 11.1. The molecule has 3 aromatic rings. The van der Waals surface area contributed by atoms with Crippen molar-refractivity contribution in [1.29, 1.82) is 0 Å². The van der Waals surface area contributed by atoms with Gasteiger partial charge >= 0.3 is 12.2 Å². The monoisotopic (exact) mass is 631 g/mol. The molecule has 1 saturated heterocycles. The summed E-state index contributed by atoms with van der Waals surface area (Å²) in [5.41, 5.74) is 1.72. The zero-order valence-corrected chi connectivity index (χ0v) is 26.4. The minimum atomic E-state index is -4.60. The average Bonchev–Trinajstić information content (AvgIpc) is 3.00. The number of urea groups is 1. The predicted octanol–water partition coefficient (Wildman–Crippen LogP) is 7.21. The van der Waals surface area contributed by atoms with Crippen LogP contribution in [0, 0.1) is 24.7 Å². The number of amides is 2. The van der Waals surface area contributed by atoms with E-state index in [1.807, 2.05) is 12.1 Å². The Morgan fingerprint density at radius 2 is 1.57 bits per heavy atom. The second kappa shape index (κ2) is 10.9. The molecule has 242 valence electrons. The summed E-state index contributed by atoms with van der Waals surface area (Å²) in [4.78, 5) is 32.1. The number of carbonyl (C=O) groups is 1. The Morgan fingerprint density at radius 1 is 0.913 bits per heavy atom. The largest absolute Gasteiger partial charge is 0.418 e. The minimum Gasteiger partial charge on any atom is -0.369 e. The van der Waals surface area contributed by atoms with Gasteiger partial charge in [-0.3, -0.25) is 9.80 Å². The zero-order valence-electron chi connectivity index (χ0n) is 26.4. The number of rotatable bonds is 5. The van der Waals surface area contributed by atoms with Gasteiger partial charge in [0, 0.05) is 49.3 Å². The third-order valence-electron chi connectivity index (χ3n) is 11.1. The third kappa shape index (κ3) is 5.07. The summed E-state index contributed by atoms with van der Waals surface area (Å²) in [6.45, 7) is 5.64. The molecular formula is C35H40F3N7O. The fourth-order valence-corrected chi connectivity index (χ4v) is 9.35. The van der Waals surface area contributed by atoms with Crippen molar-refractivity contribution in [3.05, 3.63) is 65.4 Å².